The van der Waals surface area contributed by atoms with E-state index in [4.69, 9.17) is 0 Å². The van der Waals surface area contributed by atoms with Crippen LogP contribution in [0.4, 0.5) is 0 Å². The molecule has 1 amide bonds. The summed E-state index contributed by atoms with van der Waals surface area (Å²) in [6, 6.07) is 0.334. The zero-order valence-electron chi connectivity index (χ0n) is 11.8. The molecule has 0 bridgehead atoms. The van der Waals surface area contributed by atoms with Crippen molar-refractivity contribution in [1.29, 1.82) is 0 Å². The predicted molar refractivity (Wildman–Crippen MR) is 71.0 cm³/mol. The first-order valence-electron chi connectivity index (χ1n) is 6.51. The lowest BCUT2D eigenvalue weighted by Crippen LogP contribution is -2.52. The highest BCUT2D eigenvalue weighted by Crippen LogP contribution is 2.15. The van der Waals surface area contributed by atoms with Gasteiger partial charge in [0.15, 0.2) is 0 Å². The number of nitrogens with zero attached hydrogens (tertiary/aromatic N) is 1. The number of nitrogens with one attached hydrogen (secondary N) is 2. The molecule has 1 saturated heterocycles. The van der Waals surface area contributed by atoms with Gasteiger partial charge >= 0.3 is 0 Å². The largest absolute Gasteiger partial charge is 0.352 e. The maximum Gasteiger partial charge on any atom is 0.234 e. The van der Waals surface area contributed by atoms with Crippen molar-refractivity contribution in [2.45, 2.75) is 45.7 Å². The Morgan fingerprint density at radius 1 is 1.41 bits per heavy atom. The van der Waals surface area contributed by atoms with E-state index in [0.29, 0.717) is 18.5 Å². The van der Waals surface area contributed by atoms with E-state index >= 15 is 0 Å². The standard InChI is InChI=1S/C13H27N3O/c1-10-9-16(5)7-6-11(10)15-12(17)8-14-13(2,3)4/h10-11,14H,6-9H2,1-5H3,(H,15,17). The van der Waals surface area contributed by atoms with Crippen LogP contribution in [0.5, 0.6) is 0 Å². The second kappa shape index (κ2) is 5.83. The molecule has 4 nitrogen and oxygen atoms in total. The number of likely N-dealkylation sites (tertiary alicyclic amines) is 1. The summed E-state index contributed by atoms with van der Waals surface area (Å²) in [6.07, 6.45) is 1.05. The van der Waals surface area contributed by atoms with Gasteiger partial charge in [-0.15, -0.1) is 0 Å². The molecule has 0 aromatic heterocycles. The van der Waals surface area contributed by atoms with E-state index in [-0.39, 0.29) is 11.4 Å². The first kappa shape index (κ1) is 14.5. The number of rotatable bonds is 3. The summed E-state index contributed by atoms with van der Waals surface area (Å²) in [5.74, 6) is 0.647. The second-order valence-corrected chi connectivity index (χ2v) is 6.31. The van der Waals surface area contributed by atoms with Crippen molar-refractivity contribution < 1.29 is 4.79 Å². The number of carbonyl (C=O) groups is 1. The van der Waals surface area contributed by atoms with Crippen LogP contribution in [0.25, 0.3) is 0 Å². The van der Waals surface area contributed by atoms with Crippen LogP contribution in [0.1, 0.15) is 34.1 Å². The number of amides is 1. The van der Waals surface area contributed by atoms with Crippen LogP contribution in [0.15, 0.2) is 0 Å². The highest BCUT2D eigenvalue weighted by Gasteiger charge is 2.25. The van der Waals surface area contributed by atoms with Crippen molar-refractivity contribution in [3.63, 3.8) is 0 Å². The van der Waals surface area contributed by atoms with Crippen molar-refractivity contribution in [2.24, 2.45) is 5.92 Å². The average molecular weight is 241 g/mol. The predicted octanol–water partition coefficient (Wildman–Crippen LogP) is 0.831. The summed E-state index contributed by atoms with van der Waals surface area (Å²) < 4.78 is 0. The van der Waals surface area contributed by atoms with Gasteiger partial charge in [-0.25, -0.2) is 0 Å². The quantitative estimate of drug-likeness (QED) is 0.769. The highest BCUT2D eigenvalue weighted by atomic mass is 16.2. The van der Waals surface area contributed by atoms with E-state index in [1.165, 1.54) is 0 Å². The number of hydrogen-bond donors (Lipinski definition) is 2. The van der Waals surface area contributed by atoms with E-state index in [0.717, 1.165) is 19.5 Å². The Balaban J connectivity index is 2.31. The molecule has 4 heteroatoms. The summed E-state index contributed by atoms with van der Waals surface area (Å²) >= 11 is 0. The lowest BCUT2D eigenvalue weighted by molar-refractivity contribution is -0.121. The molecule has 0 spiro atoms. The minimum atomic E-state index is -0.00423. The summed E-state index contributed by atoms with van der Waals surface area (Å²) in [5.41, 5.74) is -0.00423. The van der Waals surface area contributed by atoms with Crippen LogP contribution in [0, 0.1) is 5.92 Å². The maximum atomic E-state index is 11.8. The lowest BCUT2D eigenvalue weighted by atomic mass is 9.94. The Morgan fingerprint density at radius 2 is 2.06 bits per heavy atom. The second-order valence-electron chi connectivity index (χ2n) is 6.31. The smallest absolute Gasteiger partial charge is 0.234 e. The third kappa shape index (κ3) is 5.50. The molecule has 2 N–H and O–H groups in total. The molecule has 1 fully saturated rings. The Morgan fingerprint density at radius 3 is 2.59 bits per heavy atom. The third-order valence-corrected chi connectivity index (χ3v) is 3.23. The summed E-state index contributed by atoms with van der Waals surface area (Å²) in [7, 11) is 2.13. The van der Waals surface area contributed by atoms with Gasteiger partial charge in [-0.05, 0) is 46.7 Å². The molecule has 1 aliphatic heterocycles. The van der Waals surface area contributed by atoms with Crippen LogP contribution in [-0.2, 0) is 4.79 Å². The first-order chi connectivity index (χ1) is 7.78. The molecular weight excluding hydrogens is 214 g/mol. The van der Waals surface area contributed by atoms with Gasteiger partial charge in [0.05, 0.1) is 6.54 Å². The SMILES string of the molecule is CC1CN(C)CCC1NC(=O)CNC(C)(C)C. The molecule has 1 rings (SSSR count). The molecule has 0 radical (unpaired) electrons. The van der Waals surface area contributed by atoms with Gasteiger partial charge in [-0.2, -0.15) is 0 Å². The molecule has 1 aliphatic rings. The van der Waals surface area contributed by atoms with Crippen molar-refractivity contribution in [2.75, 3.05) is 26.7 Å². The van der Waals surface area contributed by atoms with E-state index in [9.17, 15) is 4.79 Å². The van der Waals surface area contributed by atoms with E-state index in [2.05, 4.69) is 50.3 Å². The van der Waals surface area contributed by atoms with E-state index in [1.54, 1.807) is 0 Å². The van der Waals surface area contributed by atoms with Crippen molar-refractivity contribution >= 4 is 5.91 Å². The molecule has 2 atom stereocenters. The fourth-order valence-corrected chi connectivity index (χ4v) is 2.17. The van der Waals surface area contributed by atoms with Gasteiger partial charge in [0.1, 0.15) is 0 Å². The summed E-state index contributed by atoms with van der Waals surface area (Å²) in [5, 5.41) is 6.35. The zero-order valence-corrected chi connectivity index (χ0v) is 11.8. The van der Waals surface area contributed by atoms with Gasteiger partial charge in [-0.1, -0.05) is 6.92 Å². The van der Waals surface area contributed by atoms with E-state index < -0.39 is 0 Å². The Labute approximate surface area is 105 Å². The number of piperidine rings is 1. The first-order valence-corrected chi connectivity index (χ1v) is 6.51. The van der Waals surface area contributed by atoms with Crippen LogP contribution >= 0.6 is 0 Å². The molecule has 0 aromatic rings. The van der Waals surface area contributed by atoms with Crippen LogP contribution in [0.2, 0.25) is 0 Å². The fraction of sp³-hybridized carbons (Fsp3) is 0.923. The molecule has 0 saturated carbocycles. The van der Waals surface area contributed by atoms with Crippen LogP contribution in [-0.4, -0.2) is 49.1 Å². The van der Waals surface area contributed by atoms with Gasteiger partial charge in [0.25, 0.3) is 0 Å². The third-order valence-electron chi connectivity index (χ3n) is 3.23. The van der Waals surface area contributed by atoms with E-state index in [1.807, 2.05) is 0 Å². The lowest BCUT2D eigenvalue weighted by Gasteiger charge is -2.35. The molecule has 2 unspecified atom stereocenters. The van der Waals surface area contributed by atoms with Gasteiger partial charge < -0.3 is 15.5 Å². The average Bonchev–Trinajstić information content (AvgIpc) is 2.18. The Hall–Kier alpha value is -0.610. The topological polar surface area (TPSA) is 44.4 Å². The minimum absolute atomic E-state index is 0.00423. The molecular formula is C13H27N3O. The Bertz CT molecular complexity index is 260. The minimum Gasteiger partial charge on any atom is -0.352 e. The molecule has 0 aliphatic carbocycles. The highest BCUT2D eigenvalue weighted by molar-refractivity contribution is 5.78. The molecule has 100 valence electrons. The molecule has 17 heavy (non-hydrogen) atoms. The zero-order chi connectivity index (χ0) is 13.1. The fourth-order valence-electron chi connectivity index (χ4n) is 2.17. The van der Waals surface area contributed by atoms with Crippen molar-refractivity contribution in [3.05, 3.63) is 0 Å². The van der Waals surface area contributed by atoms with Gasteiger partial charge in [0, 0.05) is 18.1 Å². The monoisotopic (exact) mass is 241 g/mol. The Kier molecular flexibility index (Phi) is 4.95. The summed E-state index contributed by atoms with van der Waals surface area (Å²) in [4.78, 5) is 14.1. The number of hydrogen-bond acceptors (Lipinski definition) is 3. The van der Waals surface area contributed by atoms with Crippen molar-refractivity contribution in [3.8, 4) is 0 Å². The van der Waals surface area contributed by atoms with Crippen molar-refractivity contribution in [1.82, 2.24) is 15.5 Å². The van der Waals surface area contributed by atoms with Gasteiger partial charge in [-0.3, -0.25) is 4.79 Å². The maximum absolute atomic E-state index is 11.8. The molecule has 0 aromatic carbocycles. The normalized spacial score (nSPS) is 26.9. The van der Waals surface area contributed by atoms with Gasteiger partial charge in [0.2, 0.25) is 5.91 Å². The van der Waals surface area contributed by atoms with Crippen LogP contribution in [0.3, 0.4) is 0 Å². The molecule has 1 heterocycles. The van der Waals surface area contributed by atoms with Crippen LogP contribution < -0.4 is 10.6 Å². The number of carbonyl (C=O) groups excluding carboxylic acids is 1. The summed E-state index contributed by atoms with van der Waals surface area (Å²) in [6.45, 7) is 11.0.